The molecule has 1 atom stereocenters. The van der Waals surface area contributed by atoms with Crippen molar-refractivity contribution in [2.75, 3.05) is 17.9 Å². The van der Waals surface area contributed by atoms with Crippen molar-refractivity contribution in [1.82, 2.24) is 5.32 Å². The third-order valence-electron chi connectivity index (χ3n) is 3.87. The van der Waals surface area contributed by atoms with Gasteiger partial charge in [0, 0.05) is 19.6 Å². The highest BCUT2D eigenvalue weighted by Gasteiger charge is 2.28. The predicted molar refractivity (Wildman–Crippen MR) is 83.6 cm³/mol. The fraction of sp³-hybridized carbons (Fsp3) is 0.600. The summed E-state index contributed by atoms with van der Waals surface area (Å²) in [6, 6.07) is 8.24. The number of nitrogens with one attached hydrogen (secondary N) is 1. The number of hydrogen-bond acceptors (Lipinski definition) is 3. The Hall–Kier alpha value is -1.07. The van der Waals surface area contributed by atoms with Crippen LogP contribution < -0.4 is 9.62 Å². The maximum absolute atomic E-state index is 12.5. The van der Waals surface area contributed by atoms with Gasteiger partial charge < -0.3 is 5.32 Å². The molecule has 2 rings (SSSR count). The molecule has 0 bridgehead atoms. The van der Waals surface area contributed by atoms with Crippen LogP contribution in [-0.4, -0.2) is 33.3 Å². The van der Waals surface area contributed by atoms with Gasteiger partial charge in [-0.3, -0.25) is 4.31 Å². The Labute approximate surface area is 122 Å². The van der Waals surface area contributed by atoms with Crippen molar-refractivity contribution in [3.8, 4) is 0 Å². The maximum atomic E-state index is 12.5. The second-order valence-corrected chi connectivity index (χ2v) is 7.91. The molecule has 0 saturated heterocycles. The highest BCUT2D eigenvalue weighted by Crippen LogP contribution is 2.21. The second kappa shape index (κ2) is 6.14. The third-order valence-corrected chi connectivity index (χ3v) is 6.03. The number of nitrogens with zero attached hydrogens (tertiary/aromatic N) is 1. The summed E-state index contributed by atoms with van der Waals surface area (Å²) < 4.78 is 26.4. The van der Waals surface area contributed by atoms with Crippen LogP contribution in [0.5, 0.6) is 0 Å². The molecule has 1 aromatic rings. The molecule has 112 valence electrons. The highest BCUT2D eigenvalue weighted by atomic mass is 32.2. The summed E-state index contributed by atoms with van der Waals surface area (Å²) in [4.78, 5) is 0. The maximum Gasteiger partial charge on any atom is 0.238 e. The molecule has 1 aliphatic carbocycles. The van der Waals surface area contributed by atoms with Crippen molar-refractivity contribution in [1.29, 1.82) is 0 Å². The van der Waals surface area contributed by atoms with Gasteiger partial charge in [0.15, 0.2) is 0 Å². The number of hydrogen-bond donors (Lipinski definition) is 1. The zero-order valence-electron chi connectivity index (χ0n) is 12.5. The largest absolute Gasteiger partial charge is 0.313 e. The zero-order valence-corrected chi connectivity index (χ0v) is 13.3. The molecule has 1 N–H and O–H groups in total. The highest BCUT2D eigenvalue weighted by molar-refractivity contribution is 7.93. The van der Waals surface area contributed by atoms with E-state index in [0.29, 0.717) is 12.6 Å². The number of anilines is 1. The molecule has 0 aromatic heterocycles. The van der Waals surface area contributed by atoms with Gasteiger partial charge in [-0.25, -0.2) is 8.42 Å². The molecular formula is C15H24N2O2S. The van der Waals surface area contributed by atoms with Gasteiger partial charge in [-0.15, -0.1) is 0 Å². The van der Waals surface area contributed by atoms with Gasteiger partial charge in [-0.1, -0.05) is 19.1 Å². The van der Waals surface area contributed by atoms with Gasteiger partial charge in [-0.2, -0.15) is 0 Å². The van der Waals surface area contributed by atoms with Crippen LogP contribution in [0, 0.1) is 0 Å². The Bertz CT molecular complexity index is 535. The summed E-state index contributed by atoms with van der Waals surface area (Å²) in [5.41, 5.74) is 1.93. The van der Waals surface area contributed by atoms with Crippen LogP contribution >= 0.6 is 0 Å². The molecule has 1 aromatic carbocycles. The van der Waals surface area contributed by atoms with Gasteiger partial charge in [0.05, 0.1) is 10.9 Å². The SMILES string of the molecule is CCc1ccc(N(C)S(=O)(=O)C(C)CNC2CC2)cc1. The minimum atomic E-state index is -3.31. The standard InChI is InChI=1S/C15H24N2O2S/c1-4-13-5-9-15(10-6-13)17(3)20(18,19)12(2)11-16-14-7-8-14/h5-6,9-10,12,14,16H,4,7-8,11H2,1-3H3. The summed E-state index contributed by atoms with van der Waals surface area (Å²) in [6.07, 6.45) is 3.29. The van der Waals surface area contributed by atoms with E-state index in [0.717, 1.165) is 12.1 Å². The summed E-state index contributed by atoms with van der Waals surface area (Å²) in [7, 11) is -1.68. The lowest BCUT2D eigenvalue weighted by Gasteiger charge is -2.24. The van der Waals surface area contributed by atoms with E-state index in [1.807, 2.05) is 24.3 Å². The summed E-state index contributed by atoms with van der Waals surface area (Å²) >= 11 is 0. The van der Waals surface area contributed by atoms with E-state index in [2.05, 4.69) is 12.2 Å². The average Bonchev–Trinajstić information content (AvgIpc) is 3.28. The Morgan fingerprint density at radius 3 is 2.40 bits per heavy atom. The average molecular weight is 296 g/mol. The Morgan fingerprint density at radius 2 is 1.90 bits per heavy atom. The second-order valence-electron chi connectivity index (χ2n) is 5.53. The monoisotopic (exact) mass is 296 g/mol. The topological polar surface area (TPSA) is 49.4 Å². The van der Waals surface area contributed by atoms with E-state index in [1.165, 1.54) is 22.7 Å². The Kier molecular flexibility index (Phi) is 4.70. The molecule has 0 radical (unpaired) electrons. The summed E-state index contributed by atoms with van der Waals surface area (Å²) in [5.74, 6) is 0. The minimum Gasteiger partial charge on any atom is -0.313 e. The van der Waals surface area contributed by atoms with E-state index < -0.39 is 15.3 Å². The quantitative estimate of drug-likeness (QED) is 0.839. The van der Waals surface area contributed by atoms with Gasteiger partial charge in [0.1, 0.15) is 0 Å². The van der Waals surface area contributed by atoms with E-state index in [1.54, 1.807) is 14.0 Å². The van der Waals surface area contributed by atoms with E-state index in [9.17, 15) is 8.42 Å². The molecule has 4 nitrogen and oxygen atoms in total. The van der Waals surface area contributed by atoms with Crippen LogP contribution in [0.2, 0.25) is 0 Å². The van der Waals surface area contributed by atoms with E-state index in [4.69, 9.17) is 0 Å². The van der Waals surface area contributed by atoms with Crippen molar-refractivity contribution < 1.29 is 8.42 Å². The van der Waals surface area contributed by atoms with Gasteiger partial charge in [0.2, 0.25) is 10.0 Å². The Morgan fingerprint density at radius 1 is 1.30 bits per heavy atom. The lowest BCUT2D eigenvalue weighted by atomic mass is 10.1. The number of benzene rings is 1. The Balaban J connectivity index is 2.05. The molecule has 0 spiro atoms. The van der Waals surface area contributed by atoms with E-state index >= 15 is 0 Å². The minimum absolute atomic E-state index is 0.418. The molecular weight excluding hydrogens is 272 g/mol. The molecule has 1 aliphatic rings. The summed E-state index contributed by atoms with van der Waals surface area (Å²) in [5, 5.41) is 2.86. The number of rotatable bonds is 7. The first kappa shape index (κ1) is 15.3. The van der Waals surface area contributed by atoms with Gasteiger partial charge in [-0.05, 0) is 43.9 Å². The fourth-order valence-corrected chi connectivity index (χ4v) is 3.35. The molecule has 1 saturated carbocycles. The molecule has 0 heterocycles. The van der Waals surface area contributed by atoms with Crippen molar-refractivity contribution in [3.05, 3.63) is 29.8 Å². The van der Waals surface area contributed by atoms with Crippen LogP contribution in [0.25, 0.3) is 0 Å². The van der Waals surface area contributed by atoms with Crippen molar-refractivity contribution in [3.63, 3.8) is 0 Å². The molecule has 1 unspecified atom stereocenters. The lowest BCUT2D eigenvalue weighted by Crippen LogP contribution is -2.40. The lowest BCUT2D eigenvalue weighted by molar-refractivity contribution is 0.569. The van der Waals surface area contributed by atoms with Crippen molar-refractivity contribution in [2.24, 2.45) is 0 Å². The smallest absolute Gasteiger partial charge is 0.238 e. The molecule has 0 amide bonds. The first-order valence-corrected chi connectivity index (χ1v) is 8.75. The molecule has 20 heavy (non-hydrogen) atoms. The van der Waals surface area contributed by atoms with Crippen LogP contribution in [-0.2, 0) is 16.4 Å². The van der Waals surface area contributed by atoms with Gasteiger partial charge >= 0.3 is 0 Å². The summed E-state index contributed by atoms with van der Waals surface area (Å²) in [6.45, 7) is 4.37. The van der Waals surface area contributed by atoms with Crippen LogP contribution in [0.3, 0.4) is 0 Å². The van der Waals surface area contributed by atoms with E-state index in [-0.39, 0.29) is 0 Å². The predicted octanol–water partition coefficient (Wildman–Crippen LogP) is 2.16. The molecule has 1 fully saturated rings. The molecule has 0 aliphatic heterocycles. The number of sulfonamides is 1. The third kappa shape index (κ3) is 3.52. The van der Waals surface area contributed by atoms with Crippen molar-refractivity contribution >= 4 is 15.7 Å². The number of aryl methyl sites for hydroxylation is 1. The fourth-order valence-electron chi connectivity index (χ4n) is 2.08. The van der Waals surface area contributed by atoms with Crippen molar-refractivity contribution in [2.45, 2.75) is 44.4 Å². The van der Waals surface area contributed by atoms with Crippen LogP contribution in [0.4, 0.5) is 5.69 Å². The van der Waals surface area contributed by atoms with Gasteiger partial charge in [0.25, 0.3) is 0 Å². The van der Waals surface area contributed by atoms with Crippen LogP contribution in [0.15, 0.2) is 24.3 Å². The first-order valence-electron chi connectivity index (χ1n) is 7.25. The van der Waals surface area contributed by atoms with Crippen LogP contribution in [0.1, 0.15) is 32.3 Å². The normalized spacial score (nSPS) is 16.9. The molecule has 5 heteroatoms. The zero-order chi connectivity index (χ0) is 14.8. The first-order chi connectivity index (χ1) is 9.45.